The van der Waals surface area contributed by atoms with Crippen molar-refractivity contribution in [2.24, 2.45) is 0 Å². The normalized spacial score (nSPS) is 23.7. The van der Waals surface area contributed by atoms with Gasteiger partial charge in [0.25, 0.3) is 0 Å². The van der Waals surface area contributed by atoms with E-state index in [1.165, 1.54) is 12.2 Å². The maximum absolute atomic E-state index is 12.3. The van der Waals surface area contributed by atoms with Crippen molar-refractivity contribution in [2.75, 3.05) is 27.4 Å². The van der Waals surface area contributed by atoms with E-state index < -0.39 is 36.4 Å². The molecule has 8 nitrogen and oxygen atoms in total. The number of methoxy groups -OCH3 is 2. The Labute approximate surface area is 197 Å². The van der Waals surface area contributed by atoms with Crippen molar-refractivity contribution < 1.29 is 38.0 Å². The SMILES string of the molecule is COc1ccc(C=CC(=O)O[C@H]2COC3C2OC[C@H]3OC(=O)C=Cc2ccc(OC)cc2)cc1. The van der Waals surface area contributed by atoms with Gasteiger partial charge >= 0.3 is 11.9 Å². The summed E-state index contributed by atoms with van der Waals surface area (Å²) in [7, 11) is 3.18. The Hall–Kier alpha value is -3.62. The smallest absolute Gasteiger partial charge is 0.331 e. The number of carbonyl (C=O) groups is 2. The summed E-state index contributed by atoms with van der Waals surface area (Å²) in [5.74, 6) is 0.463. The highest BCUT2D eigenvalue weighted by molar-refractivity contribution is 5.87. The molecule has 0 aromatic heterocycles. The van der Waals surface area contributed by atoms with Gasteiger partial charge in [-0.05, 0) is 47.5 Å². The van der Waals surface area contributed by atoms with Crippen LogP contribution in [0.1, 0.15) is 11.1 Å². The Balaban J connectivity index is 1.26. The Morgan fingerprint density at radius 3 is 1.44 bits per heavy atom. The third-order valence-corrected chi connectivity index (χ3v) is 5.55. The summed E-state index contributed by atoms with van der Waals surface area (Å²) in [6.07, 6.45) is 3.91. The largest absolute Gasteiger partial charge is 0.497 e. The molecule has 2 aromatic carbocycles. The summed E-state index contributed by atoms with van der Waals surface area (Å²) in [5, 5.41) is 0. The van der Waals surface area contributed by atoms with Gasteiger partial charge in [0.1, 0.15) is 23.7 Å². The maximum Gasteiger partial charge on any atom is 0.331 e. The molecule has 8 heteroatoms. The maximum atomic E-state index is 12.3. The topological polar surface area (TPSA) is 89.5 Å². The molecule has 4 atom stereocenters. The van der Waals surface area contributed by atoms with Crippen molar-refractivity contribution in [3.8, 4) is 11.5 Å². The second-order valence-corrected chi connectivity index (χ2v) is 7.76. The van der Waals surface area contributed by atoms with Crippen molar-refractivity contribution in [3.05, 3.63) is 71.8 Å². The molecule has 2 aliphatic rings. The number of rotatable bonds is 8. The first-order valence-corrected chi connectivity index (χ1v) is 10.8. The Kier molecular flexibility index (Phi) is 7.61. The second kappa shape index (κ2) is 11.0. The molecule has 0 amide bonds. The van der Waals surface area contributed by atoms with E-state index in [9.17, 15) is 9.59 Å². The molecule has 2 heterocycles. The summed E-state index contributed by atoms with van der Waals surface area (Å²) in [4.78, 5) is 24.5. The van der Waals surface area contributed by atoms with Crippen molar-refractivity contribution in [1.29, 1.82) is 0 Å². The lowest BCUT2D eigenvalue weighted by Gasteiger charge is -2.16. The minimum atomic E-state index is -0.573. The first-order chi connectivity index (χ1) is 16.6. The fourth-order valence-electron chi connectivity index (χ4n) is 3.77. The molecule has 2 fully saturated rings. The summed E-state index contributed by atoms with van der Waals surface area (Å²) >= 11 is 0. The van der Waals surface area contributed by atoms with Crippen LogP contribution in [0.25, 0.3) is 12.2 Å². The van der Waals surface area contributed by atoms with Crippen LogP contribution in [-0.2, 0) is 28.5 Å². The Morgan fingerprint density at radius 2 is 1.09 bits per heavy atom. The van der Waals surface area contributed by atoms with Crippen LogP contribution in [-0.4, -0.2) is 63.8 Å². The standard InChI is InChI=1S/C26H26O8/c1-29-19-9-3-17(4-10-19)7-13-23(27)33-21-15-31-26-22(16-32-25(21)26)34-24(28)14-8-18-5-11-20(30-2)12-6-18/h3-14,21-22,25-26H,15-16H2,1-2H3/t21-,22+,25?,26?. The van der Waals surface area contributed by atoms with Gasteiger partial charge in [-0.3, -0.25) is 0 Å². The van der Waals surface area contributed by atoms with Crippen LogP contribution in [0.2, 0.25) is 0 Å². The predicted molar refractivity (Wildman–Crippen MR) is 123 cm³/mol. The molecule has 2 aromatic rings. The lowest BCUT2D eigenvalue weighted by atomic mass is 10.1. The first kappa shape index (κ1) is 23.5. The minimum absolute atomic E-state index is 0.174. The van der Waals surface area contributed by atoms with Gasteiger partial charge in [-0.2, -0.15) is 0 Å². The van der Waals surface area contributed by atoms with Gasteiger partial charge in [0.05, 0.1) is 27.4 Å². The van der Waals surface area contributed by atoms with Crippen LogP contribution in [0.5, 0.6) is 11.5 Å². The summed E-state index contributed by atoms with van der Waals surface area (Å²) in [6.45, 7) is 0.348. The van der Waals surface area contributed by atoms with Crippen LogP contribution in [0.15, 0.2) is 60.7 Å². The molecule has 0 bridgehead atoms. The predicted octanol–water partition coefficient (Wildman–Crippen LogP) is 3.05. The molecule has 0 spiro atoms. The lowest BCUT2D eigenvalue weighted by molar-refractivity contribution is -0.149. The fraction of sp³-hybridized carbons (Fsp3) is 0.308. The number of esters is 2. The monoisotopic (exact) mass is 466 g/mol. The molecular formula is C26H26O8. The van der Waals surface area contributed by atoms with Crippen molar-refractivity contribution in [3.63, 3.8) is 0 Å². The van der Waals surface area contributed by atoms with Crippen LogP contribution < -0.4 is 9.47 Å². The van der Waals surface area contributed by atoms with Gasteiger partial charge in [-0.1, -0.05) is 24.3 Å². The highest BCUT2D eigenvalue weighted by Crippen LogP contribution is 2.31. The lowest BCUT2D eigenvalue weighted by Crippen LogP contribution is -2.35. The summed E-state index contributed by atoms with van der Waals surface area (Å²) in [6, 6.07) is 14.6. The van der Waals surface area contributed by atoms with Gasteiger partial charge in [0.15, 0.2) is 12.2 Å². The highest BCUT2D eigenvalue weighted by Gasteiger charge is 2.50. The van der Waals surface area contributed by atoms with E-state index >= 15 is 0 Å². The van der Waals surface area contributed by atoms with Crippen LogP contribution in [0.3, 0.4) is 0 Å². The summed E-state index contributed by atoms with van der Waals surface area (Å²) < 4.78 is 32.7. The zero-order chi connectivity index (χ0) is 23.9. The molecule has 0 saturated carbocycles. The molecule has 4 rings (SSSR count). The van der Waals surface area contributed by atoms with Crippen LogP contribution in [0, 0.1) is 0 Å². The van der Waals surface area contributed by atoms with Crippen molar-refractivity contribution >= 4 is 24.1 Å². The van der Waals surface area contributed by atoms with Gasteiger partial charge in [-0.15, -0.1) is 0 Å². The van der Waals surface area contributed by atoms with E-state index in [1.54, 1.807) is 50.6 Å². The Morgan fingerprint density at radius 1 is 0.706 bits per heavy atom. The number of ether oxygens (including phenoxy) is 6. The molecule has 2 unspecified atom stereocenters. The van der Waals surface area contributed by atoms with E-state index in [-0.39, 0.29) is 13.2 Å². The van der Waals surface area contributed by atoms with Crippen LogP contribution in [0.4, 0.5) is 0 Å². The molecule has 0 aliphatic carbocycles. The number of benzene rings is 2. The highest BCUT2D eigenvalue weighted by atomic mass is 16.7. The Bertz CT molecular complexity index is 956. The molecular weight excluding hydrogens is 440 g/mol. The number of hydrogen-bond donors (Lipinski definition) is 0. The average Bonchev–Trinajstić information content (AvgIpc) is 3.45. The van der Waals surface area contributed by atoms with E-state index in [0.29, 0.717) is 0 Å². The molecule has 2 saturated heterocycles. The minimum Gasteiger partial charge on any atom is -0.497 e. The number of hydrogen-bond acceptors (Lipinski definition) is 8. The molecule has 2 aliphatic heterocycles. The van der Waals surface area contributed by atoms with E-state index in [0.717, 1.165) is 22.6 Å². The molecule has 34 heavy (non-hydrogen) atoms. The van der Waals surface area contributed by atoms with E-state index in [1.807, 2.05) is 24.3 Å². The average molecular weight is 466 g/mol. The summed E-state index contributed by atoms with van der Waals surface area (Å²) in [5.41, 5.74) is 1.68. The van der Waals surface area contributed by atoms with E-state index in [4.69, 9.17) is 28.4 Å². The third kappa shape index (κ3) is 5.84. The zero-order valence-corrected chi connectivity index (χ0v) is 18.9. The number of carbonyl (C=O) groups excluding carboxylic acids is 2. The molecule has 178 valence electrons. The van der Waals surface area contributed by atoms with Gasteiger partial charge < -0.3 is 28.4 Å². The second-order valence-electron chi connectivity index (χ2n) is 7.76. The van der Waals surface area contributed by atoms with Crippen molar-refractivity contribution in [2.45, 2.75) is 24.4 Å². The molecule has 0 N–H and O–H groups in total. The van der Waals surface area contributed by atoms with Gasteiger partial charge in [0.2, 0.25) is 0 Å². The van der Waals surface area contributed by atoms with Gasteiger partial charge in [0, 0.05) is 12.2 Å². The van der Waals surface area contributed by atoms with E-state index in [2.05, 4.69) is 0 Å². The van der Waals surface area contributed by atoms with Crippen molar-refractivity contribution in [1.82, 2.24) is 0 Å². The van der Waals surface area contributed by atoms with Crippen LogP contribution >= 0.6 is 0 Å². The van der Waals surface area contributed by atoms with Gasteiger partial charge in [-0.25, -0.2) is 9.59 Å². The first-order valence-electron chi connectivity index (χ1n) is 10.8. The number of fused-ring (bicyclic) bond motifs is 1. The fourth-order valence-corrected chi connectivity index (χ4v) is 3.77. The third-order valence-electron chi connectivity index (χ3n) is 5.55. The quantitative estimate of drug-likeness (QED) is 0.433. The zero-order valence-electron chi connectivity index (χ0n) is 18.9. The molecule has 0 radical (unpaired) electrons.